The van der Waals surface area contributed by atoms with E-state index in [1.165, 1.54) is 4.90 Å². The van der Waals surface area contributed by atoms with Crippen LogP contribution >= 0.6 is 11.6 Å². The van der Waals surface area contributed by atoms with Gasteiger partial charge in [0.1, 0.15) is 11.5 Å². The molecule has 0 aliphatic carbocycles. The van der Waals surface area contributed by atoms with Crippen molar-refractivity contribution in [2.45, 2.75) is 45.6 Å². The minimum absolute atomic E-state index is 0.0439. The molecule has 2 aromatic rings. The molecule has 0 radical (unpaired) electrons. The number of rotatable bonds is 8. The van der Waals surface area contributed by atoms with E-state index in [1.54, 1.807) is 25.3 Å². The van der Waals surface area contributed by atoms with Crippen LogP contribution in [0.5, 0.6) is 5.75 Å². The molecule has 1 aliphatic rings. The summed E-state index contributed by atoms with van der Waals surface area (Å²) >= 11 is 6.20. The first-order chi connectivity index (χ1) is 16.1. The number of likely N-dealkylation sites (tertiary alicyclic amines) is 1. The summed E-state index contributed by atoms with van der Waals surface area (Å²) in [5, 5.41) is 11.6. The van der Waals surface area contributed by atoms with Crippen molar-refractivity contribution in [3.05, 3.63) is 69.8 Å². The third-order valence-corrected chi connectivity index (χ3v) is 6.20. The normalized spacial score (nSPS) is 17.9. The largest absolute Gasteiger partial charge is 0.507 e. The van der Waals surface area contributed by atoms with Crippen LogP contribution in [0.25, 0.3) is 5.76 Å². The zero-order chi connectivity index (χ0) is 25.0. The highest BCUT2D eigenvalue weighted by molar-refractivity contribution is 6.46. The number of methoxy groups -OCH3 is 1. The van der Waals surface area contributed by atoms with Gasteiger partial charge in [0.15, 0.2) is 0 Å². The molecule has 1 aliphatic heterocycles. The van der Waals surface area contributed by atoms with Crippen molar-refractivity contribution in [3.8, 4) is 5.75 Å². The Morgan fingerprint density at radius 2 is 1.79 bits per heavy atom. The molecule has 0 bridgehead atoms. The van der Waals surface area contributed by atoms with Crippen molar-refractivity contribution in [2.24, 2.45) is 0 Å². The molecule has 1 heterocycles. The summed E-state index contributed by atoms with van der Waals surface area (Å²) in [5.41, 5.74) is 2.25. The van der Waals surface area contributed by atoms with Crippen molar-refractivity contribution < 1.29 is 24.2 Å². The van der Waals surface area contributed by atoms with Crippen molar-refractivity contribution in [3.63, 3.8) is 0 Å². The predicted octanol–water partition coefficient (Wildman–Crippen LogP) is 5.49. The Morgan fingerprint density at radius 1 is 1.12 bits per heavy atom. The minimum atomic E-state index is -0.715. The molecule has 2 aromatic carbocycles. The van der Waals surface area contributed by atoms with Crippen LogP contribution < -0.4 is 4.74 Å². The Labute approximate surface area is 206 Å². The van der Waals surface area contributed by atoms with Crippen molar-refractivity contribution in [1.82, 2.24) is 4.90 Å². The van der Waals surface area contributed by atoms with Crippen LogP contribution in [0.15, 0.2) is 48.0 Å². The van der Waals surface area contributed by atoms with Gasteiger partial charge in [0.25, 0.3) is 11.7 Å². The van der Waals surface area contributed by atoms with E-state index in [4.69, 9.17) is 21.1 Å². The van der Waals surface area contributed by atoms with E-state index in [1.807, 2.05) is 31.2 Å². The van der Waals surface area contributed by atoms with Gasteiger partial charge in [-0.1, -0.05) is 56.6 Å². The number of carbonyl (C=O) groups is 2. The van der Waals surface area contributed by atoms with Gasteiger partial charge in [0, 0.05) is 25.8 Å². The first-order valence-electron chi connectivity index (χ1n) is 11.4. The zero-order valence-electron chi connectivity index (χ0n) is 20.4. The summed E-state index contributed by atoms with van der Waals surface area (Å²) in [6.45, 7) is 9.36. The van der Waals surface area contributed by atoms with Gasteiger partial charge in [-0.25, -0.2) is 0 Å². The molecular weight excluding hydrogens is 454 g/mol. The Morgan fingerprint density at radius 3 is 2.38 bits per heavy atom. The maximum atomic E-state index is 13.2. The van der Waals surface area contributed by atoms with Gasteiger partial charge in [0.2, 0.25) is 0 Å². The number of carbonyl (C=O) groups excluding carboxylic acids is 2. The first-order valence-corrected chi connectivity index (χ1v) is 11.8. The number of halogens is 1. The summed E-state index contributed by atoms with van der Waals surface area (Å²) < 4.78 is 10.7. The van der Waals surface area contributed by atoms with Crippen LogP contribution in [-0.2, 0) is 19.7 Å². The molecule has 3 rings (SSSR count). The van der Waals surface area contributed by atoms with Gasteiger partial charge in [-0.3, -0.25) is 9.59 Å². The summed E-state index contributed by atoms with van der Waals surface area (Å²) in [4.78, 5) is 27.7. The molecule has 1 atom stereocenters. The Bertz CT molecular complexity index is 1090. The van der Waals surface area contributed by atoms with E-state index in [0.717, 1.165) is 11.1 Å². The van der Waals surface area contributed by atoms with Gasteiger partial charge in [0.05, 0.1) is 23.2 Å². The monoisotopic (exact) mass is 485 g/mol. The number of nitrogens with zero attached hydrogens (tertiary/aromatic N) is 1. The predicted molar refractivity (Wildman–Crippen MR) is 133 cm³/mol. The quantitative estimate of drug-likeness (QED) is 0.231. The lowest BCUT2D eigenvalue weighted by molar-refractivity contribution is -0.140. The van der Waals surface area contributed by atoms with Gasteiger partial charge in [-0.2, -0.15) is 0 Å². The summed E-state index contributed by atoms with van der Waals surface area (Å²) in [6, 6.07) is 11.9. The SMILES string of the molecule is CCOc1cc(/C(O)=C2/C(=O)C(=O)N(CCCOC)C2c2ccc(C(C)(C)C)cc2)ccc1Cl. The number of aliphatic hydroxyl groups excluding tert-OH is 1. The number of hydrogen-bond donors (Lipinski definition) is 1. The summed E-state index contributed by atoms with van der Waals surface area (Å²) in [5.74, 6) is -1.21. The lowest BCUT2D eigenvalue weighted by atomic mass is 9.85. The summed E-state index contributed by atoms with van der Waals surface area (Å²) in [7, 11) is 1.59. The van der Waals surface area contributed by atoms with E-state index in [2.05, 4.69) is 20.8 Å². The van der Waals surface area contributed by atoms with Gasteiger partial charge in [-0.15, -0.1) is 0 Å². The molecule has 1 unspecified atom stereocenters. The number of benzene rings is 2. The highest BCUT2D eigenvalue weighted by atomic mass is 35.5. The molecule has 182 valence electrons. The maximum Gasteiger partial charge on any atom is 0.295 e. The number of ether oxygens (including phenoxy) is 2. The third kappa shape index (κ3) is 5.29. The molecule has 34 heavy (non-hydrogen) atoms. The topological polar surface area (TPSA) is 76.1 Å². The fourth-order valence-electron chi connectivity index (χ4n) is 4.07. The molecule has 0 spiro atoms. The van der Waals surface area contributed by atoms with Crippen LogP contribution in [0.3, 0.4) is 0 Å². The van der Waals surface area contributed by atoms with Crippen LogP contribution in [0.1, 0.15) is 56.8 Å². The molecule has 7 heteroatoms. The molecule has 1 saturated heterocycles. The smallest absolute Gasteiger partial charge is 0.295 e. The molecule has 1 N–H and O–H groups in total. The van der Waals surface area contributed by atoms with Crippen molar-refractivity contribution in [2.75, 3.05) is 26.9 Å². The second-order valence-corrected chi connectivity index (χ2v) is 9.70. The highest BCUT2D eigenvalue weighted by Crippen LogP contribution is 2.41. The second kappa shape index (κ2) is 10.6. The van der Waals surface area contributed by atoms with Crippen molar-refractivity contribution >= 4 is 29.1 Å². The maximum absolute atomic E-state index is 13.2. The Kier molecular flexibility index (Phi) is 8.05. The van der Waals surface area contributed by atoms with E-state index in [-0.39, 0.29) is 16.7 Å². The van der Waals surface area contributed by atoms with E-state index >= 15 is 0 Å². The van der Waals surface area contributed by atoms with Crippen molar-refractivity contribution in [1.29, 1.82) is 0 Å². The molecule has 1 fully saturated rings. The van der Waals surface area contributed by atoms with Gasteiger partial charge >= 0.3 is 0 Å². The van der Waals surface area contributed by atoms with Gasteiger partial charge in [-0.05, 0) is 48.1 Å². The zero-order valence-corrected chi connectivity index (χ0v) is 21.1. The fourth-order valence-corrected chi connectivity index (χ4v) is 4.25. The van der Waals surface area contributed by atoms with Crippen LogP contribution in [0, 0.1) is 0 Å². The average Bonchev–Trinajstić information content (AvgIpc) is 3.05. The van der Waals surface area contributed by atoms with E-state index < -0.39 is 17.7 Å². The van der Waals surface area contributed by atoms with Crippen LogP contribution in [0.2, 0.25) is 5.02 Å². The van der Waals surface area contributed by atoms with Crippen LogP contribution in [-0.4, -0.2) is 48.6 Å². The number of aliphatic hydroxyl groups is 1. The van der Waals surface area contributed by atoms with Crippen LogP contribution in [0.4, 0.5) is 0 Å². The first kappa shape index (κ1) is 25.8. The molecule has 0 saturated carbocycles. The molecular formula is C27H32ClNO5. The minimum Gasteiger partial charge on any atom is -0.507 e. The number of ketones is 1. The third-order valence-electron chi connectivity index (χ3n) is 5.88. The number of amides is 1. The van der Waals surface area contributed by atoms with Gasteiger partial charge < -0.3 is 19.5 Å². The summed E-state index contributed by atoms with van der Waals surface area (Å²) in [6.07, 6.45) is 0.565. The van der Waals surface area contributed by atoms with E-state index in [9.17, 15) is 14.7 Å². The van der Waals surface area contributed by atoms with E-state index in [0.29, 0.717) is 42.5 Å². The lowest BCUT2D eigenvalue weighted by Crippen LogP contribution is -2.31. The second-order valence-electron chi connectivity index (χ2n) is 9.29. The lowest BCUT2D eigenvalue weighted by Gasteiger charge is -2.26. The standard InChI is InChI=1S/C27H32ClNO5/c1-6-34-21-16-18(10-13-20(21)28)24(30)22-23(17-8-11-19(12-9-17)27(2,3)4)29(14-7-15-33-5)26(32)25(22)31/h8-13,16,23,30H,6-7,14-15H2,1-5H3/b24-22-. The fraction of sp³-hybridized carbons (Fsp3) is 0.407. The Balaban J connectivity index is 2.13. The average molecular weight is 486 g/mol. The Hall–Kier alpha value is -2.83. The molecule has 1 amide bonds. The number of Topliss-reactive ketones (excluding diaryl/α,β-unsaturated/α-hetero) is 1. The molecule has 0 aromatic heterocycles. The number of hydrogen-bond acceptors (Lipinski definition) is 5. The molecule has 6 nitrogen and oxygen atoms in total. The highest BCUT2D eigenvalue weighted by Gasteiger charge is 2.45.